The largest absolute Gasteiger partial charge is 0.380 e. The van der Waals surface area contributed by atoms with E-state index in [0.717, 1.165) is 0 Å². The van der Waals surface area contributed by atoms with Crippen molar-refractivity contribution in [1.82, 2.24) is 0 Å². The number of rotatable bonds is 4. The molecule has 2 atom stereocenters. The van der Waals surface area contributed by atoms with Crippen LogP contribution in [0, 0.1) is 0 Å². The zero-order valence-corrected chi connectivity index (χ0v) is 8.18. The topological polar surface area (TPSA) is 161 Å². The van der Waals surface area contributed by atoms with Crippen molar-refractivity contribution in [3.05, 3.63) is 0 Å². The summed E-state index contributed by atoms with van der Waals surface area (Å²) < 4.78 is 20.7. The van der Waals surface area contributed by atoms with Gasteiger partial charge in [-0.1, -0.05) is 0 Å². The highest BCUT2D eigenvalue weighted by Crippen LogP contribution is 2.47. The molecule has 0 amide bonds. The number of aliphatic hydroxyl groups excluding tert-OH is 1. The lowest BCUT2D eigenvalue weighted by Crippen LogP contribution is -2.26. The van der Waals surface area contributed by atoms with Gasteiger partial charge in [-0.15, -0.1) is 0 Å². The molecule has 10 heteroatoms. The first-order valence-corrected chi connectivity index (χ1v) is 6.45. The number of hydrogen-bond acceptors (Lipinski definition) is 4. The summed E-state index contributed by atoms with van der Waals surface area (Å²) >= 11 is 0. The highest BCUT2D eigenvalue weighted by molar-refractivity contribution is 7.53. The van der Waals surface area contributed by atoms with Crippen LogP contribution in [0.4, 0.5) is 0 Å². The van der Waals surface area contributed by atoms with E-state index in [2.05, 4.69) is 0 Å². The fourth-order valence-electron chi connectivity index (χ4n) is 0.491. The molecule has 8 nitrogen and oxygen atoms in total. The first-order valence-electron chi connectivity index (χ1n) is 3.09. The van der Waals surface area contributed by atoms with Gasteiger partial charge >= 0.3 is 15.2 Å². The molecule has 80 valence electrons. The monoisotopic (exact) mass is 235 g/mol. The Bertz CT molecular complexity index is 228. The average Bonchev–Trinajstić information content (AvgIpc) is 1.82. The molecule has 0 bridgehead atoms. The van der Waals surface area contributed by atoms with Gasteiger partial charge in [-0.2, -0.15) is 0 Å². The summed E-state index contributed by atoms with van der Waals surface area (Å²) in [5.74, 6) is -3.91. The van der Waals surface area contributed by atoms with Crippen molar-refractivity contribution >= 4 is 15.2 Å². The molecular formula is C3H11NO7P2. The van der Waals surface area contributed by atoms with E-state index in [4.69, 9.17) is 30.4 Å². The van der Waals surface area contributed by atoms with Crippen LogP contribution in [0.1, 0.15) is 6.42 Å². The van der Waals surface area contributed by atoms with Crippen LogP contribution in [0.2, 0.25) is 0 Å². The minimum atomic E-state index is -4.75. The SMILES string of the molecule is N[C@H](C[C@H](O)P(=O)(O)O)P(=O)(O)O. The first kappa shape index (κ1) is 13.2. The van der Waals surface area contributed by atoms with Crippen molar-refractivity contribution in [1.29, 1.82) is 0 Å². The van der Waals surface area contributed by atoms with Gasteiger partial charge in [0.25, 0.3) is 0 Å². The quantitative estimate of drug-likeness (QED) is 0.315. The first-order chi connectivity index (χ1) is 5.55. The molecule has 0 aromatic carbocycles. The Balaban J connectivity index is 4.32. The van der Waals surface area contributed by atoms with Crippen LogP contribution < -0.4 is 5.73 Å². The van der Waals surface area contributed by atoms with Crippen LogP contribution in [0.3, 0.4) is 0 Å². The molecule has 0 heterocycles. The summed E-state index contributed by atoms with van der Waals surface area (Å²) in [5, 5.41) is 8.73. The van der Waals surface area contributed by atoms with E-state index in [-0.39, 0.29) is 0 Å². The molecular weight excluding hydrogens is 224 g/mol. The Labute approximate surface area is 73.7 Å². The second kappa shape index (κ2) is 4.16. The highest BCUT2D eigenvalue weighted by Gasteiger charge is 2.34. The standard InChI is InChI=1S/C3H11NO7P2/c4-2(12(6,7)8)1-3(5)13(9,10)11/h2-3,5H,1,4H2,(H2,6,7,8)(H2,9,10,11)/t2-,3+/m0/s1. The molecule has 0 aromatic rings. The van der Waals surface area contributed by atoms with Gasteiger partial charge in [0, 0.05) is 6.42 Å². The molecule has 0 saturated carbocycles. The molecule has 7 N–H and O–H groups in total. The Kier molecular flexibility index (Phi) is 4.23. The van der Waals surface area contributed by atoms with Gasteiger partial charge in [-0.3, -0.25) is 9.13 Å². The maximum atomic E-state index is 10.4. The maximum absolute atomic E-state index is 10.4. The van der Waals surface area contributed by atoms with Gasteiger partial charge in [0.15, 0.2) is 5.85 Å². The summed E-state index contributed by atoms with van der Waals surface area (Å²) in [6, 6.07) is 0. The molecule has 0 radical (unpaired) electrons. The number of nitrogens with two attached hydrogens (primary N) is 1. The van der Waals surface area contributed by atoms with E-state index < -0.39 is 33.2 Å². The summed E-state index contributed by atoms with van der Waals surface area (Å²) in [6.45, 7) is 0. The molecule has 0 aliphatic carbocycles. The summed E-state index contributed by atoms with van der Waals surface area (Å²) in [5.41, 5.74) is 4.88. The van der Waals surface area contributed by atoms with Crippen molar-refractivity contribution in [2.45, 2.75) is 18.0 Å². The molecule has 0 aliphatic rings. The molecule has 0 aliphatic heterocycles. The average molecular weight is 235 g/mol. The van der Waals surface area contributed by atoms with Crippen molar-refractivity contribution < 1.29 is 33.8 Å². The predicted octanol–water partition coefficient (Wildman–Crippen LogP) is -1.66. The molecule has 0 aromatic heterocycles. The van der Waals surface area contributed by atoms with Crippen molar-refractivity contribution in [3.8, 4) is 0 Å². The molecule has 0 saturated heterocycles. The molecule has 0 unspecified atom stereocenters. The lowest BCUT2D eigenvalue weighted by Gasteiger charge is -2.17. The van der Waals surface area contributed by atoms with Crippen molar-refractivity contribution in [3.63, 3.8) is 0 Å². The Morgan fingerprint density at radius 2 is 1.46 bits per heavy atom. The normalized spacial score (nSPS) is 18.3. The van der Waals surface area contributed by atoms with Crippen molar-refractivity contribution in [2.24, 2.45) is 5.73 Å². The molecule has 0 fully saturated rings. The Hall–Kier alpha value is 0.220. The van der Waals surface area contributed by atoms with Crippen LogP contribution in [0.15, 0.2) is 0 Å². The molecule has 0 spiro atoms. The third-order valence-electron chi connectivity index (χ3n) is 1.27. The van der Waals surface area contributed by atoms with Gasteiger partial charge in [0.1, 0.15) is 5.78 Å². The third kappa shape index (κ3) is 4.85. The fourth-order valence-corrected chi connectivity index (χ4v) is 1.63. The lowest BCUT2D eigenvalue weighted by atomic mass is 10.4. The summed E-state index contributed by atoms with van der Waals surface area (Å²) in [7, 11) is -9.35. The van der Waals surface area contributed by atoms with E-state index in [0.29, 0.717) is 0 Å². The van der Waals surface area contributed by atoms with Crippen LogP contribution in [-0.4, -0.2) is 36.3 Å². The van der Waals surface area contributed by atoms with Crippen LogP contribution >= 0.6 is 15.2 Å². The smallest absolute Gasteiger partial charge is 0.353 e. The second-order valence-corrected chi connectivity index (χ2v) is 6.08. The van der Waals surface area contributed by atoms with Gasteiger partial charge in [0.05, 0.1) is 0 Å². The van der Waals surface area contributed by atoms with Gasteiger partial charge in [-0.25, -0.2) is 0 Å². The minimum absolute atomic E-state index is 0.853. The second-order valence-electron chi connectivity index (χ2n) is 2.46. The molecule has 0 rings (SSSR count). The van der Waals surface area contributed by atoms with Gasteiger partial charge in [-0.05, 0) is 0 Å². The minimum Gasteiger partial charge on any atom is -0.380 e. The van der Waals surface area contributed by atoms with E-state index in [1.165, 1.54) is 0 Å². The van der Waals surface area contributed by atoms with E-state index >= 15 is 0 Å². The summed E-state index contributed by atoms with van der Waals surface area (Å²) in [4.78, 5) is 33.6. The van der Waals surface area contributed by atoms with Gasteiger partial charge < -0.3 is 30.4 Å². The molecule has 13 heavy (non-hydrogen) atoms. The number of aliphatic hydroxyl groups is 1. The Morgan fingerprint density at radius 1 is 1.08 bits per heavy atom. The fraction of sp³-hybridized carbons (Fsp3) is 1.00. The van der Waals surface area contributed by atoms with E-state index in [9.17, 15) is 9.13 Å². The zero-order valence-electron chi connectivity index (χ0n) is 6.39. The third-order valence-corrected chi connectivity index (χ3v) is 3.33. The zero-order chi connectivity index (χ0) is 10.9. The Morgan fingerprint density at radius 3 is 1.69 bits per heavy atom. The predicted molar refractivity (Wildman–Crippen MR) is 42.7 cm³/mol. The van der Waals surface area contributed by atoms with E-state index in [1.54, 1.807) is 0 Å². The highest BCUT2D eigenvalue weighted by atomic mass is 31.2. The van der Waals surface area contributed by atoms with Gasteiger partial charge in [0.2, 0.25) is 0 Å². The van der Waals surface area contributed by atoms with Crippen LogP contribution in [0.25, 0.3) is 0 Å². The number of hydrogen-bond donors (Lipinski definition) is 6. The van der Waals surface area contributed by atoms with Crippen LogP contribution in [0.5, 0.6) is 0 Å². The lowest BCUT2D eigenvalue weighted by molar-refractivity contribution is 0.189. The van der Waals surface area contributed by atoms with Crippen molar-refractivity contribution in [2.75, 3.05) is 0 Å². The van der Waals surface area contributed by atoms with E-state index in [1.807, 2.05) is 0 Å². The van der Waals surface area contributed by atoms with Crippen LogP contribution in [-0.2, 0) is 9.13 Å². The maximum Gasteiger partial charge on any atom is 0.353 e. The summed E-state index contributed by atoms with van der Waals surface area (Å²) in [6.07, 6.45) is -0.853.